The van der Waals surface area contributed by atoms with Gasteiger partial charge in [-0.25, -0.2) is 0 Å². The third-order valence-corrected chi connectivity index (χ3v) is 4.35. The van der Waals surface area contributed by atoms with E-state index in [-0.39, 0.29) is 0 Å². The van der Waals surface area contributed by atoms with E-state index in [0.29, 0.717) is 0 Å². The zero-order valence-corrected chi connectivity index (χ0v) is 14.2. The van der Waals surface area contributed by atoms with Gasteiger partial charge in [-0.2, -0.15) is 0 Å². The van der Waals surface area contributed by atoms with Gasteiger partial charge in [-0.1, -0.05) is 117 Å². The third-order valence-electron chi connectivity index (χ3n) is 4.35. The van der Waals surface area contributed by atoms with Gasteiger partial charge in [0.05, 0.1) is 0 Å². The van der Waals surface area contributed by atoms with Crippen LogP contribution in [0.25, 0.3) is 0 Å². The first-order valence-corrected chi connectivity index (χ1v) is 9.31. The number of rotatable bonds is 15. The van der Waals surface area contributed by atoms with Gasteiger partial charge in [-0.05, 0) is 5.92 Å². The van der Waals surface area contributed by atoms with Gasteiger partial charge >= 0.3 is 0 Å². The summed E-state index contributed by atoms with van der Waals surface area (Å²) < 4.78 is 0. The van der Waals surface area contributed by atoms with E-state index < -0.39 is 0 Å². The van der Waals surface area contributed by atoms with Crippen molar-refractivity contribution in [1.29, 1.82) is 0 Å². The zero-order valence-electron chi connectivity index (χ0n) is 14.2. The van der Waals surface area contributed by atoms with Gasteiger partial charge in [-0.3, -0.25) is 0 Å². The minimum Gasteiger partial charge on any atom is -0.0654 e. The van der Waals surface area contributed by atoms with Crippen molar-refractivity contribution in [3.63, 3.8) is 0 Å². The topological polar surface area (TPSA) is 0 Å². The van der Waals surface area contributed by atoms with Crippen molar-refractivity contribution in [3.8, 4) is 0 Å². The van der Waals surface area contributed by atoms with E-state index in [1.807, 2.05) is 0 Å². The highest BCUT2D eigenvalue weighted by atomic mass is 14.1. The second kappa shape index (κ2) is 16.1. The van der Waals surface area contributed by atoms with Crippen LogP contribution in [0.1, 0.15) is 117 Å². The Morgan fingerprint density at radius 2 is 0.842 bits per heavy atom. The van der Waals surface area contributed by atoms with Crippen molar-refractivity contribution in [1.82, 2.24) is 0 Å². The van der Waals surface area contributed by atoms with Gasteiger partial charge in [0.1, 0.15) is 0 Å². The predicted octanol–water partition coefficient (Wildman–Crippen LogP) is 7.51. The molecule has 0 aliphatic rings. The van der Waals surface area contributed by atoms with Crippen molar-refractivity contribution in [2.45, 2.75) is 117 Å². The van der Waals surface area contributed by atoms with E-state index in [4.69, 9.17) is 0 Å². The minimum atomic E-state index is 0.971. The Hall–Kier alpha value is 0. The van der Waals surface area contributed by atoms with E-state index in [1.165, 1.54) is 96.3 Å². The smallest absolute Gasteiger partial charge is 0.0443 e. The molecular formula is C19H40. The van der Waals surface area contributed by atoms with Crippen LogP contribution in [-0.2, 0) is 0 Å². The summed E-state index contributed by atoms with van der Waals surface area (Å²) in [7, 11) is 0. The quantitative estimate of drug-likeness (QED) is 0.269. The standard InChI is InChI=1S/C19H40/c1-4-6-8-9-10-11-12-13-14-15-16-18-19(3)17-7-5-2/h19H,4-18H2,1-3H3/t19-/m1/s1. The molecule has 0 bridgehead atoms. The maximum absolute atomic E-state index is 2.44. The summed E-state index contributed by atoms with van der Waals surface area (Å²) in [5.74, 6) is 0.971. The van der Waals surface area contributed by atoms with Gasteiger partial charge in [0, 0.05) is 0 Å². The van der Waals surface area contributed by atoms with Crippen molar-refractivity contribution in [2.75, 3.05) is 0 Å². The zero-order chi connectivity index (χ0) is 14.2. The molecule has 0 fully saturated rings. The molecule has 0 heterocycles. The fourth-order valence-corrected chi connectivity index (χ4v) is 2.85. The first-order chi connectivity index (χ1) is 9.31. The highest BCUT2D eigenvalue weighted by Gasteiger charge is 2.00. The van der Waals surface area contributed by atoms with Gasteiger partial charge < -0.3 is 0 Å². The van der Waals surface area contributed by atoms with Crippen LogP contribution in [0.3, 0.4) is 0 Å². The molecule has 0 aliphatic carbocycles. The molecular weight excluding hydrogens is 228 g/mol. The summed E-state index contributed by atoms with van der Waals surface area (Å²) in [5, 5.41) is 0. The van der Waals surface area contributed by atoms with Crippen LogP contribution < -0.4 is 0 Å². The van der Waals surface area contributed by atoms with E-state index in [0.717, 1.165) is 5.92 Å². The molecule has 0 heteroatoms. The van der Waals surface area contributed by atoms with Crippen LogP contribution in [0.5, 0.6) is 0 Å². The lowest BCUT2D eigenvalue weighted by molar-refractivity contribution is 0.440. The summed E-state index contributed by atoms with van der Waals surface area (Å²) in [6, 6.07) is 0. The fourth-order valence-electron chi connectivity index (χ4n) is 2.85. The van der Waals surface area contributed by atoms with Crippen LogP contribution >= 0.6 is 0 Å². The second-order valence-corrected chi connectivity index (χ2v) is 6.57. The SMILES string of the molecule is CCCCCCCCCCCCC[C@H](C)CCCC. The molecule has 0 amide bonds. The second-order valence-electron chi connectivity index (χ2n) is 6.57. The Labute approximate surface area is 123 Å². The molecule has 0 unspecified atom stereocenters. The molecule has 0 aromatic carbocycles. The molecule has 0 aromatic heterocycles. The average Bonchev–Trinajstić information content (AvgIpc) is 2.42. The average molecular weight is 269 g/mol. The fraction of sp³-hybridized carbons (Fsp3) is 1.00. The van der Waals surface area contributed by atoms with E-state index in [2.05, 4.69) is 20.8 Å². The summed E-state index contributed by atoms with van der Waals surface area (Å²) in [4.78, 5) is 0. The number of unbranched alkanes of at least 4 members (excludes halogenated alkanes) is 11. The molecule has 0 spiro atoms. The minimum absolute atomic E-state index is 0.971. The van der Waals surface area contributed by atoms with Crippen LogP contribution in [-0.4, -0.2) is 0 Å². The number of hydrogen-bond donors (Lipinski definition) is 0. The van der Waals surface area contributed by atoms with E-state index >= 15 is 0 Å². The van der Waals surface area contributed by atoms with Gasteiger partial charge in [-0.15, -0.1) is 0 Å². The van der Waals surface area contributed by atoms with Gasteiger partial charge in [0.25, 0.3) is 0 Å². The molecule has 0 aromatic rings. The highest BCUT2D eigenvalue weighted by Crippen LogP contribution is 2.17. The Morgan fingerprint density at radius 1 is 0.474 bits per heavy atom. The predicted molar refractivity (Wildman–Crippen MR) is 89.8 cm³/mol. The van der Waals surface area contributed by atoms with E-state index in [1.54, 1.807) is 0 Å². The molecule has 1 atom stereocenters. The summed E-state index contributed by atoms with van der Waals surface area (Å²) in [6.07, 6.45) is 21.8. The Kier molecular flexibility index (Phi) is 16.1. The van der Waals surface area contributed by atoms with Crippen LogP contribution in [0, 0.1) is 5.92 Å². The van der Waals surface area contributed by atoms with Crippen molar-refractivity contribution in [3.05, 3.63) is 0 Å². The molecule has 0 N–H and O–H groups in total. The molecule has 0 radical (unpaired) electrons. The van der Waals surface area contributed by atoms with Gasteiger partial charge in [0.2, 0.25) is 0 Å². The first-order valence-electron chi connectivity index (χ1n) is 9.31. The lowest BCUT2D eigenvalue weighted by Gasteiger charge is -2.10. The maximum atomic E-state index is 2.44. The largest absolute Gasteiger partial charge is 0.0654 e. The van der Waals surface area contributed by atoms with E-state index in [9.17, 15) is 0 Å². The molecule has 19 heavy (non-hydrogen) atoms. The normalized spacial score (nSPS) is 12.8. The van der Waals surface area contributed by atoms with Gasteiger partial charge in [0.15, 0.2) is 0 Å². The summed E-state index contributed by atoms with van der Waals surface area (Å²) in [6.45, 7) is 7.03. The third kappa shape index (κ3) is 15.9. The molecule has 0 saturated carbocycles. The Balaban J connectivity index is 3.02. The summed E-state index contributed by atoms with van der Waals surface area (Å²) in [5.41, 5.74) is 0. The van der Waals surface area contributed by atoms with Crippen LogP contribution in [0.4, 0.5) is 0 Å². The molecule has 0 nitrogen and oxygen atoms in total. The van der Waals surface area contributed by atoms with Crippen molar-refractivity contribution >= 4 is 0 Å². The van der Waals surface area contributed by atoms with Crippen molar-refractivity contribution < 1.29 is 0 Å². The van der Waals surface area contributed by atoms with Crippen molar-refractivity contribution in [2.24, 2.45) is 5.92 Å². The lowest BCUT2D eigenvalue weighted by Crippen LogP contribution is -1.94. The monoisotopic (exact) mass is 268 g/mol. The molecule has 0 rings (SSSR count). The lowest BCUT2D eigenvalue weighted by atomic mass is 9.97. The summed E-state index contributed by atoms with van der Waals surface area (Å²) >= 11 is 0. The number of hydrogen-bond acceptors (Lipinski definition) is 0. The first kappa shape index (κ1) is 19.0. The Bertz CT molecular complexity index is 150. The molecule has 116 valence electrons. The highest BCUT2D eigenvalue weighted by molar-refractivity contribution is 4.54. The van der Waals surface area contributed by atoms with Crippen LogP contribution in [0.2, 0.25) is 0 Å². The molecule has 0 saturated heterocycles. The van der Waals surface area contributed by atoms with Crippen LogP contribution in [0.15, 0.2) is 0 Å². The maximum Gasteiger partial charge on any atom is -0.0443 e. The Morgan fingerprint density at radius 3 is 1.32 bits per heavy atom. The molecule has 0 aliphatic heterocycles.